The molecule has 1 heterocycles. The third kappa shape index (κ3) is 5.68. The van der Waals surface area contributed by atoms with Crippen LogP contribution in [0.1, 0.15) is 20.8 Å². The Labute approximate surface area is 174 Å². The van der Waals surface area contributed by atoms with Crippen molar-refractivity contribution in [1.29, 1.82) is 0 Å². The maximum atomic E-state index is 12.1. The van der Waals surface area contributed by atoms with E-state index in [0.29, 0.717) is 27.4 Å². The average molecular weight is 441 g/mol. The molecule has 138 valence electrons. The van der Waals surface area contributed by atoms with Gasteiger partial charge >= 0.3 is 0 Å². The Bertz CT molecular complexity index is 974. The molecule has 1 amide bonds. The summed E-state index contributed by atoms with van der Waals surface area (Å²) in [6.07, 6.45) is 3.21. The quantitative estimate of drug-likeness (QED) is 0.410. The first kappa shape index (κ1) is 19.6. The van der Waals surface area contributed by atoms with Gasteiger partial charge < -0.3 is 4.74 Å². The Hall–Kier alpha value is -2.12. The SMILES string of the molecule is O=C(N/N=C\c1ccc(OCc2cnc(Cl)s2)cc1)c1ccc(Cl)cc1Cl. The molecule has 0 radical (unpaired) electrons. The number of nitrogens with zero attached hydrogens (tertiary/aromatic N) is 2. The molecular formula is C18H12Cl3N3O2S. The van der Waals surface area contributed by atoms with E-state index in [4.69, 9.17) is 39.5 Å². The fourth-order valence-electron chi connectivity index (χ4n) is 2.05. The monoisotopic (exact) mass is 439 g/mol. The number of benzene rings is 2. The number of aromatic nitrogens is 1. The number of amides is 1. The number of carbonyl (C=O) groups is 1. The summed E-state index contributed by atoms with van der Waals surface area (Å²) >= 11 is 19.0. The normalized spacial score (nSPS) is 10.9. The minimum absolute atomic E-state index is 0.263. The summed E-state index contributed by atoms with van der Waals surface area (Å²) in [5.74, 6) is 0.282. The van der Waals surface area contributed by atoms with E-state index in [-0.39, 0.29) is 5.02 Å². The number of thiazole rings is 1. The van der Waals surface area contributed by atoms with Gasteiger partial charge in [0.2, 0.25) is 0 Å². The summed E-state index contributed by atoms with van der Waals surface area (Å²) in [5, 5.41) is 4.65. The molecular weight excluding hydrogens is 429 g/mol. The highest BCUT2D eigenvalue weighted by Gasteiger charge is 2.09. The van der Waals surface area contributed by atoms with Crippen LogP contribution in [0.25, 0.3) is 0 Å². The van der Waals surface area contributed by atoms with Crippen molar-refractivity contribution in [1.82, 2.24) is 10.4 Å². The van der Waals surface area contributed by atoms with Crippen LogP contribution in [-0.2, 0) is 6.61 Å². The van der Waals surface area contributed by atoms with Crippen LogP contribution in [0.3, 0.4) is 0 Å². The predicted molar refractivity (Wildman–Crippen MR) is 109 cm³/mol. The standard InChI is InChI=1S/C18H12Cl3N3O2S/c19-12-3-6-15(16(20)7-12)17(25)24-23-8-11-1-4-13(5-2-11)26-10-14-9-22-18(21)27-14/h1-9H,10H2,(H,24,25)/b23-8-. The van der Waals surface area contributed by atoms with E-state index in [1.54, 1.807) is 12.3 Å². The van der Waals surface area contributed by atoms with Crippen molar-refractivity contribution in [3.8, 4) is 5.75 Å². The zero-order valence-electron chi connectivity index (χ0n) is 13.7. The van der Waals surface area contributed by atoms with Crippen LogP contribution in [0.5, 0.6) is 5.75 Å². The molecule has 2 aromatic carbocycles. The molecule has 0 aliphatic heterocycles. The molecule has 0 atom stereocenters. The lowest BCUT2D eigenvalue weighted by Gasteiger charge is -2.04. The fourth-order valence-corrected chi connectivity index (χ4v) is 3.44. The lowest BCUT2D eigenvalue weighted by molar-refractivity contribution is 0.0955. The molecule has 0 aliphatic carbocycles. The van der Waals surface area contributed by atoms with Gasteiger partial charge in [0.15, 0.2) is 4.47 Å². The summed E-state index contributed by atoms with van der Waals surface area (Å²) < 4.78 is 6.14. The number of rotatable bonds is 6. The minimum Gasteiger partial charge on any atom is -0.488 e. The number of hydrogen-bond donors (Lipinski definition) is 1. The van der Waals surface area contributed by atoms with Gasteiger partial charge in [-0.3, -0.25) is 4.79 Å². The lowest BCUT2D eigenvalue weighted by Crippen LogP contribution is -2.18. The number of hydrogen-bond acceptors (Lipinski definition) is 5. The van der Waals surface area contributed by atoms with Gasteiger partial charge in [-0.05, 0) is 48.0 Å². The predicted octanol–water partition coefficient (Wildman–Crippen LogP) is 5.45. The van der Waals surface area contributed by atoms with Gasteiger partial charge in [0, 0.05) is 11.2 Å². The number of halogens is 3. The first-order chi connectivity index (χ1) is 13.0. The second-order valence-corrected chi connectivity index (χ2v) is 7.80. The first-order valence-electron chi connectivity index (χ1n) is 7.63. The Morgan fingerprint density at radius 3 is 2.63 bits per heavy atom. The number of hydrazone groups is 1. The van der Waals surface area contributed by atoms with Gasteiger partial charge in [0.25, 0.3) is 5.91 Å². The number of nitrogens with one attached hydrogen (secondary N) is 1. The van der Waals surface area contributed by atoms with E-state index in [9.17, 15) is 4.79 Å². The molecule has 0 aliphatic rings. The van der Waals surface area contributed by atoms with Crippen LogP contribution in [0.2, 0.25) is 14.5 Å². The highest BCUT2D eigenvalue weighted by molar-refractivity contribution is 7.15. The molecule has 0 bridgehead atoms. The maximum absolute atomic E-state index is 12.1. The molecule has 3 aromatic rings. The van der Waals surface area contributed by atoms with E-state index in [1.807, 2.05) is 24.3 Å². The molecule has 0 fully saturated rings. The molecule has 0 unspecified atom stereocenters. The summed E-state index contributed by atoms with van der Waals surface area (Å²) in [4.78, 5) is 17.0. The van der Waals surface area contributed by atoms with Crippen LogP contribution in [0, 0.1) is 0 Å². The number of ether oxygens (including phenoxy) is 1. The Balaban J connectivity index is 1.53. The topological polar surface area (TPSA) is 63.6 Å². The molecule has 3 rings (SSSR count). The van der Waals surface area contributed by atoms with Gasteiger partial charge in [-0.1, -0.05) is 34.8 Å². The van der Waals surface area contributed by atoms with E-state index in [1.165, 1.54) is 29.7 Å². The van der Waals surface area contributed by atoms with Crippen molar-refractivity contribution in [3.63, 3.8) is 0 Å². The van der Waals surface area contributed by atoms with E-state index < -0.39 is 5.91 Å². The molecule has 1 N–H and O–H groups in total. The van der Waals surface area contributed by atoms with Crippen LogP contribution >= 0.6 is 46.1 Å². The van der Waals surface area contributed by atoms with Crippen LogP contribution in [0.15, 0.2) is 53.8 Å². The molecule has 27 heavy (non-hydrogen) atoms. The van der Waals surface area contributed by atoms with Gasteiger partial charge in [0.05, 0.1) is 21.7 Å². The van der Waals surface area contributed by atoms with E-state index in [2.05, 4.69) is 15.5 Å². The first-order valence-corrected chi connectivity index (χ1v) is 9.58. The Morgan fingerprint density at radius 1 is 1.19 bits per heavy atom. The van der Waals surface area contributed by atoms with Crippen molar-refractivity contribution >= 4 is 58.3 Å². The minimum atomic E-state index is -0.420. The molecule has 0 saturated heterocycles. The molecule has 0 spiro atoms. The summed E-state index contributed by atoms with van der Waals surface area (Å²) in [5.41, 5.74) is 3.52. The Kier molecular flexibility index (Phi) is 6.68. The van der Waals surface area contributed by atoms with Crippen molar-refractivity contribution in [2.75, 3.05) is 0 Å². The van der Waals surface area contributed by atoms with Crippen molar-refractivity contribution in [2.45, 2.75) is 6.61 Å². The molecule has 0 saturated carbocycles. The third-order valence-corrected chi connectivity index (χ3v) is 4.98. The van der Waals surface area contributed by atoms with Crippen LogP contribution in [-0.4, -0.2) is 17.1 Å². The van der Waals surface area contributed by atoms with Gasteiger partial charge in [-0.2, -0.15) is 5.10 Å². The summed E-state index contributed by atoms with van der Waals surface area (Å²) in [7, 11) is 0. The zero-order valence-corrected chi connectivity index (χ0v) is 16.7. The van der Waals surface area contributed by atoms with Gasteiger partial charge in [-0.15, -0.1) is 11.3 Å². The zero-order chi connectivity index (χ0) is 19.2. The average Bonchev–Trinajstić information content (AvgIpc) is 3.06. The highest BCUT2D eigenvalue weighted by Crippen LogP contribution is 2.21. The van der Waals surface area contributed by atoms with Gasteiger partial charge in [-0.25, -0.2) is 10.4 Å². The largest absolute Gasteiger partial charge is 0.488 e. The second kappa shape index (κ2) is 9.19. The summed E-state index contributed by atoms with van der Waals surface area (Å²) in [6.45, 7) is 0.399. The van der Waals surface area contributed by atoms with Crippen molar-refractivity contribution in [3.05, 3.63) is 79.2 Å². The lowest BCUT2D eigenvalue weighted by atomic mass is 10.2. The highest BCUT2D eigenvalue weighted by atomic mass is 35.5. The van der Waals surface area contributed by atoms with Gasteiger partial charge in [0.1, 0.15) is 12.4 Å². The van der Waals surface area contributed by atoms with E-state index >= 15 is 0 Å². The van der Waals surface area contributed by atoms with Crippen molar-refractivity contribution < 1.29 is 9.53 Å². The second-order valence-electron chi connectivity index (χ2n) is 5.26. The smallest absolute Gasteiger partial charge is 0.272 e. The Morgan fingerprint density at radius 2 is 1.96 bits per heavy atom. The number of carbonyl (C=O) groups excluding carboxylic acids is 1. The molecule has 1 aromatic heterocycles. The fraction of sp³-hybridized carbons (Fsp3) is 0.0556. The van der Waals surface area contributed by atoms with E-state index in [0.717, 1.165) is 10.4 Å². The van der Waals surface area contributed by atoms with Crippen LogP contribution < -0.4 is 10.2 Å². The summed E-state index contributed by atoms with van der Waals surface area (Å²) in [6, 6.07) is 11.9. The maximum Gasteiger partial charge on any atom is 0.272 e. The molecule has 5 nitrogen and oxygen atoms in total. The van der Waals surface area contributed by atoms with Crippen LogP contribution in [0.4, 0.5) is 0 Å². The van der Waals surface area contributed by atoms with Crippen molar-refractivity contribution in [2.24, 2.45) is 5.10 Å². The molecule has 9 heteroatoms. The third-order valence-electron chi connectivity index (χ3n) is 3.34.